The molecular formula is C17H16N2OS. The normalized spacial score (nSPS) is 10.5. The first-order chi connectivity index (χ1) is 10.2. The third kappa shape index (κ3) is 4.04. The van der Waals surface area contributed by atoms with E-state index in [4.69, 9.17) is 5.26 Å². The van der Waals surface area contributed by atoms with Crippen LogP contribution in [0.4, 0.5) is 0 Å². The van der Waals surface area contributed by atoms with E-state index in [0.29, 0.717) is 18.7 Å². The Balaban J connectivity index is 2.08. The number of rotatable bonds is 5. The van der Waals surface area contributed by atoms with Gasteiger partial charge in [-0.3, -0.25) is 4.79 Å². The number of thiophene rings is 1. The maximum absolute atomic E-state index is 12.2. The van der Waals surface area contributed by atoms with E-state index in [0.717, 1.165) is 10.4 Å². The lowest BCUT2D eigenvalue weighted by molar-refractivity contribution is -0.126. The summed E-state index contributed by atoms with van der Waals surface area (Å²) in [5, 5.41) is 11.0. The fraction of sp³-hybridized carbons (Fsp3) is 0.176. The molecule has 0 aliphatic carbocycles. The summed E-state index contributed by atoms with van der Waals surface area (Å²) in [4.78, 5) is 15.2. The SMILES string of the molecule is CCN(Cc1cccs1)C(=O)C=Cc1ccccc1C#N. The molecule has 1 aromatic carbocycles. The van der Waals surface area contributed by atoms with Crippen molar-refractivity contribution in [2.24, 2.45) is 0 Å². The highest BCUT2D eigenvalue weighted by Crippen LogP contribution is 2.13. The molecule has 0 saturated heterocycles. The monoisotopic (exact) mass is 296 g/mol. The molecule has 2 aromatic rings. The van der Waals surface area contributed by atoms with Crippen LogP contribution in [0.1, 0.15) is 22.9 Å². The number of carbonyl (C=O) groups excluding carboxylic acids is 1. The molecule has 0 spiro atoms. The van der Waals surface area contributed by atoms with Gasteiger partial charge in [-0.25, -0.2) is 0 Å². The second kappa shape index (κ2) is 7.41. The van der Waals surface area contributed by atoms with Crippen LogP contribution in [0.3, 0.4) is 0 Å². The predicted molar refractivity (Wildman–Crippen MR) is 85.6 cm³/mol. The van der Waals surface area contributed by atoms with Crippen LogP contribution in [0.15, 0.2) is 47.9 Å². The summed E-state index contributed by atoms with van der Waals surface area (Å²) in [6, 6.07) is 13.4. The van der Waals surface area contributed by atoms with E-state index < -0.39 is 0 Å². The van der Waals surface area contributed by atoms with Crippen molar-refractivity contribution < 1.29 is 4.79 Å². The second-order valence-electron chi connectivity index (χ2n) is 4.46. The molecule has 0 bridgehead atoms. The van der Waals surface area contributed by atoms with Crippen molar-refractivity contribution >= 4 is 23.3 Å². The molecule has 0 radical (unpaired) electrons. The van der Waals surface area contributed by atoms with Crippen molar-refractivity contribution in [1.82, 2.24) is 4.90 Å². The molecule has 4 heteroatoms. The number of benzene rings is 1. The Kier molecular flexibility index (Phi) is 5.30. The number of nitriles is 1. The van der Waals surface area contributed by atoms with Crippen LogP contribution in [0.25, 0.3) is 6.08 Å². The largest absolute Gasteiger partial charge is 0.334 e. The van der Waals surface area contributed by atoms with Crippen LogP contribution in [0.2, 0.25) is 0 Å². The van der Waals surface area contributed by atoms with Crippen molar-refractivity contribution in [3.8, 4) is 6.07 Å². The number of carbonyl (C=O) groups is 1. The molecule has 1 heterocycles. The Labute approximate surface area is 128 Å². The third-order valence-corrected chi connectivity index (χ3v) is 3.97. The zero-order chi connectivity index (χ0) is 15.1. The first-order valence-corrected chi connectivity index (χ1v) is 7.61. The fourth-order valence-corrected chi connectivity index (χ4v) is 2.67. The number of hydrogen-bond acceptors (Lipinski definition) is 3. The number of amides is 1. The summed E-state index contributed by atoms with van der Waals surface area (Å²) in [6.45, 7) is 3.24. The Hall–Kier alpha value is -2.38. The van der Waals surface area contributed by atoms with Gasteiger partial charge in [0.05, 0.1) is 18.2 Å². The molecule has 0 unspecified atom stereocenters. The molecule has 0 aliphatic rings. The van der Waals surface area contributed by atoms with Crippen molar-refractivity contribution in [2.45, 2.75) is 13.5 Å². The average Bonchev–Trinajstić information content (AvgIpc) is 3.03. The van der Waals surface area contributed by atoms with Gasteiger partial charge in [-0.2, -0.15) is 5.26 Å². The summed E-state index contributed by atoms with van der Waals surface area (Å²) < 4.78 is 0. The van der Waals surface area contributed by atoms with Gasteiger partial charge in [0.2, 0.25) is 5.91 Å². The van der Waals surface area contributed by atoms with Crippen molar-refractivity contribution in [3.63, 3.8) is 0 Å². The molecule has 3 nitrogen and oxygen atoms in total. The van der Waals surface area contributed by atoms with Gasteiger partial charge in [0.15, 0.2) is 0 Å². The van der Waals surface area contributed by atoms with E-state index in [2.05, 4.69) is 6.07 Å². The quantitative estimate of drug-likeness (QED) is 0.790. The summed E-state index contributed by atoms with van der Waals surface area (Å²) in [7, 11) is 0. The minimum atomic E-state index is -0.0429. The van der Waals surface area contributed by atoms with Gasteiger partial charge in [0, 0.05) is 17.5 Å². The van der Waals surface area contributed by atoms with Crippen molar-refractivity contribution in [1.29, 1.82) is 5.26 Å². The lowest BCUT2D eigenvalue weighted by Gasteiger charge is -2.18. The maximum Gasteiger partial charge on any atom is 0.246 e. The van der Waals surface area contributed by atoms with Gasteiger partial charge >= 0.3 is 0 Å². The number of hydrogen-bond donors (Lipinski definition) is 0. The Morgan fingerprint density at radius 3 is 2.81 bits per heavy atom. The van der Waals surface area contributed by atoms with Gasteiger partial charge < -0.3 is 4.90 Å². The highest BCUT2D eigenvalue weighted by Gasteiger charge is 2.09. The van der Waals surface area contributed by atoms with E-state index in [9.17, 15) is 4.79 Å². The summed E-state index contributed by atoms with van der Waals surface area (Å²) in [5.41, 5.74) is 1.34. The first-order valence-electron chi connectivity index (χ1n) is 6.73. The minimum Gasteiger partial charge on any atom is -0.334 e. The molecule has 2 rings (SSSR count). The molecule has 0 aliphatic heterocycles. The highest BCUT2D eigenvalue weighted by molar-refractivity contribution is 7.09. The van der Waals surface area contributed by atoms with E-state index >= 15 is 0 Å². The zero-order valence-corrected chi connectivity index (χ0v) is 12.6. The van der Waals surface area contributed by atoms with Crippen LogP contribution in [-0.4, -0.2) is 17.4 Å². The molecule has 0 N–H and O–H groups in total. The average molecular weight is 296 g/mol. The van der Waals surface area contributed by atoms with Gasteiger partial charge in [-0.15, -0.1) is 11.3 Å². The molecule has 0 saturated carbocycles. The molecular weight excluding hydrogens is 280 g/mol. The highest BCUT2D eigenvalue weighted by atomic mass is 32.1. The standard InChI is InChI=1S/C17H16N2OS/c1-2-19(13-16-8-5-11-21-16)17(20)10-9-14-6-3-4-7-15(14)12-18/h3-11H,2,13H2,1H3. The van der Waals surface area contributed by atoms with Crippen molar-refractivity contribution in [3.05, 3.63) is 63.9 Å². The lowest BCUT2D eigenvalue weighted by atomic mass is 10.1. The summed E-state index contributed by atoms with van der Waals surface area (Å²) >= 11 is 1.64. The molecule has 106 valence electrons. The van der Waals surface area contributed by atoms with Crippen LogP contribution >= 0.6 is 11.3 Å². The summed E-state index contributed by atoms with van der Waals surface area (Å²) in [6.07, 6.45) is 3.24. The van der Waals surface area contributed by atoms with Crippen LogP contribution in [0, 0.1) is 11.3 Å². The van der Waals surface area contributed by atoms with Crippen molar-refractivity contribution in [2.75, 3.05) is 6.54 Å². The second-order valence-corrected chi connectivity index (χ2v) is 5.50. The Morgan fingerprint density at radius 1 is 1.33 bits per heavy atom. The van der Waals surface area contributed by atoms with E-state index in [1.807, 2.05) is 42.6 Å². The van der Waals surface area contributed by atoms with E-state index in [1.165, 1.54) is 6.08 Å². The van der Waals surface area contributed by atoms with Crippen LogP contribution in [-0.2, 0) is 11.3 Å². The molecule has 0 fully saturated rings. The lowest BCUT2D eigenvalue weighted by Crippen LogP contribution is -2.28. The number of nitrogens with zero attached hydrogens (tertiary/aromatic N) is 2. The summed E-state index contributed by atoms with van der Waals surface area (Å²) in [5.74, 6) is -0.0429. The van der Waals surface area contributed by atoms with Gasteiger partial charge in [-0.05, 0) is 36.1 Å². The smallest absolute Gasteiger partial charge is 0.246 e. The van der Waals surface area contributed by atoms with Crippen LogP contribution < -0.4 is 0 Å². The predicted octanol–water partition coefficient (Wildman–Crippen LogP) is 3.68. The zero-order valence-electron chi connectivity index (χ0n) is 11.8. The molecule has 1 amide bonds. The fourth-order valence-electron chi connectivity index (χ4n) is 1.95. The third-order valence-electron chi connectivity index (χ3n) is 3.11. The maximum atomic E-state index is 12.2. The first kappa shape index (κ1) is 15.0. The van der Waals surface area contributed by atoms with E-state index in [1.54, 1.807) is 28.4 Å². The van der Waals surface area contributed by atoms with Gasteiger partial charge in [-0.1, -0.05) is 24.3 Å². The Bertz CT molecular complexity index is 668. The van der Waals surface area contributed by atoms with Gasteiger partial charge in [0.25, 0.3) is 0 Å². The molecule has 0 atom stereocenters. The minimum absolute atomic E-state index is 0.0429. The van der Waals surface area contributed by atoms with Gasteiger partial charge in [0.1, 0.15) is 0 Å². The van der Waals surface area contributed by atoms with Crippen LogP contribution in [0.5, 0.6) is 0 Å². The topological polar surface area (TPSA) is 44.1 Å². The van der Waals surface area contributed by atoms with E-state index in [-0.39, 0.29) is 5.91 Å². The molecule has 21 heavy (non-hydrogen) atoms. The molecule has 1 aromatic heterocycles. The Morgan fingerprint density at radius 2 is 2.14 bits per heavy atom. The number of likely N-dealkylation sites (N-methyl/N-ethyl adjacent to an activating group) is 1.